The molecule has 0 spiro atoms. The zero-order valence-corrected chi connectivity index (χ0v) is 11.3. The van der Waals surface area contributed by atoms with Crippen LogP contribution in [-0.2, 0) is 0 Å². The normalized spacial score (nSPS) is 14.6. The van der Waals surface area contributed by atoms with E-state index in [4.69, 9.17) is 0 Å². The van der Waals surface area contributed by atoms with Crippen LogP contribution in [0.3, 0.4) is 0 Å². The van der Waals surface area contributed by atoms with Gasteiger partial charge in [-0.15, -0.1) is 0 Å². The fraction of sp³-hybridized carbons (Fsp3) is 0.538. The first kappa shape index (κ1) is 14.5. The van der Waals surface area contributed by atoms with E-state index >= 15 is 0 Å². The highest BCUT2D eigenvalue weighted by molar-refractivity contribution is 7.99. The summed E-state index contributed by atoms with van der Waals surface area (Å²) >= 11 is 1.84. The van der Waals surface area contributed by atoms with Crippen molar-refractivity contribution in [1.29, 1.82) is 0 Å². The van der Waals surface area contributed by atoms with E-state index in [1.54, 1.807) is 0 Å². The molecular formula is C13H19F2NS. The molecule has 4 heteroatoms. The Balaban J connectivity index is 2.60. The quantitative estimate of drug-likeness (QED) is 0.835. The maximum absolute atomic E-state index is 13.5. The molecule has 0 heterocycles. The second kappa shape index (κ2) is 6.97. The number of benzene rings is 1. The van der Waals surface area contributed by atoms with Crippen molar-refractivity contribution in [2.45, 2.75) is 32.9 Å². The van der Waals surface area contributed by atoms with E-state index < -0.39 is 11.6 Å². The average Bonchev–Trinajstić information content (AvgIpc) is 2.26. The van der Waals surface area contributed by atoms with Gasteiger partial charge >= 0.3 is 0 Å². The van der Waals surface area contributed by atoms with Crippen LogP contribution in [0, 0.1) is 11.6 Å². The zero-order chi connectivity index (χ0) is 12.8. The van der Waals surface area contributed by atoms with E-state index in [2.05, 4.69) is 19.2 Å². The van der Waals surface area contributed by atoms with Gasteiger partial charge in [-0.3, -0.25) is 0 Å². The lowest BCUT2D eigenvalue weighted by Gasteiger charge is -2.20. The van der Waals surface area contributed by atoms with Crippen molar-refractivity contribution in [3.8, 4) is 0 Å². The molecule has 17 heavy (non-hydrogen) atoms. The minimum Gasteiger partial charge on any atom is -0.307 e. The summed E-state index contributed by atoms with van der Waals surface area (Å²) in [4.78, 5) is 0. The van der Waals surface area contributed by atoms with Crippen LogP contribution < -0.4 is 5.32 Å². The fourth-order valence-corrected chi connectivity index (χ4v) is 2.40. The minimum atomic E-state index is -0.534. The van der Waals surface area contributed by atoms with Crippen molar-refractivity contribution < 1.29 is 8.78 Å². The highest BCUT2D eigenvalue weighted by Gasteiger charge is 2.13. The highest BCUT2D eigenvalue weighted by atomic mass is 32.2. The van der Waals surface area contributed by atoms with Gasteiger partial charge in [0.05, 0.1) is 0 Å². The SMILES string of the molecule is CCSCC(C)NC(C)c1ccc(F)cc1F. The lowest BCUT2D eigenvalue weighted by molar-refractivity contribution is 0.482. The van der Waals surface area contributed by atoms with Gasteiger partial charge in [-0.2, -0.15) is 11.8 Å². The number of hydrogen-bond donors (Lipinski definition) is 1. The molecule has 1 N–H and O–H groups in total. The molecule has 0 fully saturated rings. The molecule has 0 amide bonds. The van der Waals surface area contributed by atoms with Crippen molar-refractivity contribution in [1.82, 2.24) is 5.32 Å². The highest BCUT2D eigenvalue weighted by Crippen LogP contribution is 2.18. The van der Waals surface area contributed by atoms with Gasteiger partial charge in [0.2, 0.25) is 0 Å². The molecular weight excluding hydrogens is 240 g/mol. The Hall–Kier alpha value is -0.610. The second-order valence-corrected chi connectivity index (χ2v) is 5.43. The number of halogens is 2. The summed E-state index contributed by atoms with van der Waals surface area (Å²) in [5.74, 6) is 1.04. The molecule has 1 aromatic carbocycles. The molecule has 1 rings (SSSR count). The van der Waals surface area contributed by atoms with Gasteiger partial charge in [0.25, 0.3) is 0 Å². The lowest BCUT2D eigenvalue weighted by Crippen LogP contribution is -2.31. The molecule has 0 aliphatic rings. The Morgan fingerprint density at radius 1 is 1.29 bits per heavy atom. The molecule has 0 aliphatic carbocycles. The summed E-state index contributed by atoms with van der Waals surface area (Å²) in [5, 5.41) is 3.31. The molecule has 0 radical (unpaired) electrons. The van der Waals surface area contributed by atoms with Crippen LogP contribution in [0.25, 0.3) is 0 Å². The monoisotopic (exact) mass is 259 g/mol. The van der Waals surface area contributed by atoms with Crippen molar-refractivity contribution in [2.75, 3.05) is 11.5 Å². The summed E-state index contributed by atoms with van der Waals surface area (Å²) < 4.78 is 26.3. The van der Waals surface area contributed by atoms with Gasteiger partial charge in [-0.25, -0.2) is 8.78 Å². The Labute approximate surface area is 106 Å². The third-order valence-corrected chi connectivity index (χ3v) is 3.68. The summed E-state index contributed by atoms with van der Waals surface area (Å²) in [6, 6.07) is 3.92. The molecule has 1 aromatic rings. The van der Waals surface area contributed by atoms with Gasteiger partial charge in [0, 0.05) is 29.5 Å². The predicted octanol–water partition coefficient (Wildman–Crippen LogP) is 3.76. The first-order chi connectivity index (χ1) is 8.04. The molecule has 0 aliphatic heterocycles. The largest absolute Gasteiger partial charge is 0.307 e. The summed E-state index contributed by atoms with van der Waals surface area (Å²) in [7, 11) is 0. The average molecular weight is 259 g/mol. The van der Waals surface area contributed by atoms with Crippen molar-refractivity contribution in [3.63, 3.8) is 0 Å². The molecule has 0 saturated heterocycles. The molecule has 1 nitrogen and oxygen atoms in total. The van der Waals surface area contributed by atoms with Crippen molar-refractivity contribution >= 4 is 11.8 Å². The fourth-order valence-electron chi connectivity index (χ4n) is 1.71. The number of thioether (sulfide) groups is 1. The molecule has 2 unspecified atom stereocenters. The maximum atomic E-state index is 13.5. The number of rotatable bonds is 6. The first-order valence-electron chi connectivity index (χ1n) is 5.83. The van der Waals surface area contributed by atoms with Crippen LogP contribution in [0.5, 0.6) is 0 Å². The van der Waals surface area contributed by atoms with Gasteiger partial charge in [0.15, 0.2) is 0 Å². The second-order valence-electron chi connectivity index (χ2n) is 4.11. The van der Waals surface area contributed by atoms with E-state index in [1.807, 2.05) is 18.7 Å². The van der Waals surface area contributed by atoms with Crippen LogP contribution in [-0.4, -0.2) is 17.5 Å². The molecule has 0 aromatic heterocycles. The lowest BCUT2D eigenvalue weighted by atomic mass is 10.1. The standard InChI is InChI=1S/C13H19F2NS/c1-4-17-8-9(2)16-10(3)12-6-5-11(14)7-13(12)15/h5-7,9-10,16H,4,8H2,1-3H3. The van der Waals surface area contributed by atoms with E-state index in [0.717, 1.165) is 17.6 Å². The Kier molecular flexibility index (Phi) is 5.92. The van der Waals surface area contributed by atoms with E-state index in [1.165, 1.54) is 12.1 Å². The summed E-state index contributed by atoms with van der Waals surface area (Å²) in [5.41, 5.74) is 0.514. The van der Waals surface area contributed by atoms with E-state index in [9.17, 15) is 8.78 Å². The number of hydrogen-bond acceptors (Lipinski definition) is 2. The van der Waals surface area contributed by atoms with Crippen LogP contribution in [0.4, 0.5) is 8.78 Å². The molecule has 0 saturated carbocycles. The summed E-state index contributed by atoms with van der Waals surface area (Å²) in [6.45, 7) is 6.07. The first-order valence-corrected chi connectivity index (χ1v) is 6.98. The third-order valence-electron chi connectivity index (χ3n) is 2.54. The van der Waals surface area contributed by atoms with Crippen molar-refractivity contribution in [2.24, 2.45) is 0 Å². The van der Waals surface area contributed by atoms with Crippen LogP contribution in [0.15, 0.2) is 18.2 Å². The Morgan fingerprint density at radius 2 is 2.00 bits per heavy atom. The van der Waals surface area contributed by atoms with Crippen molar-refractivity contribution in [3.05, 3.63) is 35.4 Å². The van der Waals surface area contributed by atoms with E-state index in [0.29, 0.717) is 11.6 Å². The zero-order valence-electron chi connectivity index (χ0n) is 10.5. The van der Waals surface area contributed by atoms with Crippen LogP contribution >= 0.6 is 11.8 Å². The molecule has 2 atom stereocenters. The Morgan fingerprint density at radius 3 is 2.59 bits per heavy atom. The van der Waals surface area contributed by atoms with Crippen LogP contribution in [0.2, 0.25) is 0 Å². The minimum absolute atomic E-state index is 0.108. The summed E-state index contributed by atoms with van der Waals surface area (Å²) in [6.07, 6.45) is 0. The van der Waals surface area contributed by atoms with E-state index in [-0.39, 0.29) is 6.04 Å². The molecule has 96 valence electrons. The van der Waals surface area contributed by atoms with Gasteiger partial charge in [0.1, 0.15) is 11.6 Å². The van der Waals surface area contributed by atoms with Gasteiger partial charge < -0.3 is 5.32 Å². The predicted molar refractivity (Wildman–Crippen MR) is 70.4 cm³/mol. The topological polar surface area (TPSA) is 12.0 Å². The maximum Gasteiger partial charge on any atom is 0.130 e. The Bertz CT molecular complexity index is 357. The van der Waals surface area contributed by atoms with Crippen LogP contribution in [0.1, 0.15) is 32.4 Å². The third kappa shape index (κ3) is 4.64. The number of nitrogens with one attached hydrogen (secondary N) is 1. The van der Waals surface area contributed by atoms with Gasteiger partial charge in [-0.1, -0.05) is 13.0 Å². The smallest absolute Gasteiger partial charge is 0.130 e. The van der Waals surface area contributed by atoms with Gasteiger partial charge in [-0.05, 0) is 25.7 Å². The molecule has 0 bridgehead atoms.